The molecule has 0 aliphatic rings. The Morgan fingerprint density at radius 3 is 1.89 bits per heavy atom. The number of aliphatic carboxylic acids is 2. The highest BCUT2D eigenvalue weighted by molar-refractivity contribution is 7.99. The van der Waals surface area contributed by atoms with Gasteiger partial charge in [0.2, 0.25) is 5.91 Å². The molecule has 0 heterocycles. The summed E-state index contributed by atoms with van der Waals surface area (Å²) in [5, 5.41) is 20.3. The van der Waals surface area contributed by atoms with Gasteiger partial charge in [0.15, 0.2) is 12.4 Å². The maximum Gasteiger partial charge on any atom is 0.313 e. The van der Waals surface area contributed by atoms with Gasteiger partial charge in [0, 0.05) is 11.7 Å². The van der Waals surface area contributed by atoms with E-state index in [1.165, 1.54) is 0 Å². The van der Waals surface area contributed by atoms with E-state index in [9.17, 15) is 29.1 Å². The molecule has 0 spiro atoms. The predicted octanol–water partition coefficient (Wildman–Crippen LogP) is 2.61. The third-order valence-electron chi connectivity index (χ3n) is 5.46. The minimum atomic E-state index is -1.38. The van der Waals surface area contributed by atoms with Gasteiger partial charge in [0.25, 0.3) is 0 Å². The van der Waals surface area contributed by atoms with Crippen LogP contribution in [0.4, 0.5) is 0 Å². The van der Waals surface area contributed by atoms with Crippen LogP contribution in [0.1, 0.15) is 24.5 Å². The van der Waals surface area contributed by atoms with Crippen molar-refractivity contribution >= 4 is 41.4 Å². The average Bonchev–Trinajstić information content (AvgIpc) is 2.87. The molecule has 9 nitrogen and oxygen atoms in total. The van der Waals surface area contributed by atoms with Crippen molar-refractivity contribution in [1.82, 2.24) is 5.32 Å². The summed E-state index contributed by atoms with van der Waals surface area (Å²) in [5.41, 5.74) is 1.86. The Morgan fingerprint density at radius 2 is 1.41 bits per heavy atom. The molecule has 2 unspecified atom stereocenters. The zero-order valence-electron chi connectivity index (χ0n) is 20.5. The number of carbonyl (C=O) groups excluding carboxylic acids is 3. The first-order chi connectivity index (χ1) is 17.7. The monoisotopic (exact) mass is 529 g/mol. The van der Waals surface area contributed by atoms with Gasteiger partial charge in [-0.05, 0) is 24.0 Å². The van der Waals surface area contributed by atoms with Crippen LogP contribution in [0.15, 0.2) is 60.7 Å². The lowest BCUT2D eigenvalue weighted by atomic mass is 9.92. The number of ketones is 1. The van der Waals surface area contributed by atoms with E-state index >= 15 is 0 Å². The topological polar surface area (TPSA) is 147 Å². The first kappa shape index (κ1) is 29.6. The van der Waals surface area contributed by atoms with Crippen molar-refractivity contribution in [2.24, 2.45) is 11.8 Å². The van der Waals surface area contributed by atoms with E-state index in [0.717, 1.165) is 22.9 Å². The largest absolute Gasteiger partial charge is 0.481 e. The van der Waals surface area contributed by atoms with Crippen LogP contribution in [0.3, 0.4) is 0 Å². The molecule has 0 aromatic heterocycles. The molecule has 10 heteroatoms. The number of hydrogen-bond acceptors (Lipinski definition) is 7. The van der Waals surface area contributed by atoms with Gasteiger partial charge in [0.1, 0.15) is 6.04 Å². The number of Topliss-reactive ketones (excluding diaryl/α,β-unsaturated/α-hetero) is 1. The van der Waals surface area contributed by atoms with Gasteiger partial charge in [-0.3, -0.25) is 24.0 Å². The summed E-state index contributed by atoms with van der Waals surface area (Å²) in [6, 6.07) is 17.4. The Balaban J connectivity index is 2.02. The van der Waals surface area contributed by atoms with Crippen LogP contribution in [-0.4, -0.2) is 64.0 Å². The molecular formula is C27H31NO8S. The Labute approximate surface area is 219 Å². The highest BCUT2D eigenvalue weighted by Crippen LogP contribution is 2.17. The summed E-state index contributed by atoms with van der Waals surface area (Å²) in [5.74, 6) is -5.48. The quantitative estimate of drug-likeness (QED) is 0.279. The molecule has 0 bridgehead atoms. The Bertz CT molecular complexity index is 1020. The van der Waals surface area contributed by atoms with Gasteiger partial charge in [-0.25, -0.2) is 0 Å². The van der Waals surface area contributed by atoms with Crippen LogP contribution in [-0.2, 0) is 41.6 Å². The predicted molar refractivity (Wildman–Crippen MR) is 138 cm³/mol. The van der Waals surface area contributed by atoms with E-state index < -0.39 is 60.5 Å². The van der Waals surface area contributed by atoms with Gasteiger partial charge in [-0.15, -0.1) is 11.8 Å². The summed E-state index contributed by atoms with van der Waals surface area (Å²) in [6.45, 7) is 0.865. The highest BCUT2D eigenvalue weighted by atomic mass is 32.2. The van der Waals surface area contributed by atoms with E-state index in [4.69, 9.17) is 9.84 Å². The standard InChI is InChI=1S/C27H31NO8S/c1-18(16-37-17-25(32)33)26(34)28-22(14-24(30)31)23(29)15-36-27(35)21(12-19-8-4-2-5-9-19)13-20-10-6-3-7-11-20/h2-11,18,21-22H,12-17H2,1H3,(H,28,34)(H,30,31)(H,32,33). The second-order valence-corrected chi connectivity index (χ2v) is 9.65. The van der Waals surface area contributed by atoms with E-state index in [1.807, 2.05) is 60.7 Å². The fourth-order valence-corrected chi connectivity index (χ4v) is 4.33. The van der Waals surface area contributed by atoms with Crippen molar-refractivity contribution in [2.45, 2.75) is 32.2 Å². The molecule has 2 atom stereocenters. The third-order valence-corrected chi connectivity index (χ3v) is 6.65. The van der Waals surface area contributed by atoms with Crippen LogP contribution in [0.25, 0.3) is 0 Å². The molecule has 2 rings (SSSR count). The van der Waals surface area contributed by atoms with Crippen molar-refractivity contribution in [3.05, 3.63) is 71.8 Å². The summed E-state index contributed by atoms with van der Waals surface area (Å²) in [7, 11) is 0. The number of carboxylic acids is 2. The molecule has 198 valence electrons. The number of carboxylic acid groups (broad SMARTS) is 2. The number of rotatable bonds is 16. The molecule has 0 fully saturated rings. The van der Waals surface area contributed by atoms with Crippen molar-refractivity contribution in [3.8, 4) is 0 Å². The minimum Gasteiger partial charge on any atom is -0.481 e. The number of amides is 1. The van der Waals surface area contributed by atoms with E-state index in [2.05, 4.69) is 5.32 Å². The maximum atomic E-state index is 13.0. The number of nitrogens with one attached hydrogen (secondary N) is 1. The summed E-state index contributed by atoms with van der Waals surface area (Å²) >= 11 is 1.03. The third kappa shape index (κ3) is 11.3. The summed E-state index contributed by atoms with van der Waals surface area (Å²) in [6.07, 6.45) is 0.113. The van der Waals surface area contributed by atoms with Crippen molar-refractivity contribution in [1.29, 1.82) is 0 Å². The lowest BCUT2D eigenvalue weighted by molar-refractivity contribution is -0.153. The lowest BCUT2D eigenvalue weighted by Gasteiger charge is -2.20. The molecule has 0 radical (unpaired) electrons. The number of carbonyl (C=O) groups is 5. The molecule has 0 aliphatic heterocycles. The fourth-order valence-electron chi connectivity index (χ4n) is 3.53. The zero-order valence-corrected chi connectivity index (χ0v) is 21.3. The fraction of sp³-hybridized carbons (Fsp3) is 0.370. The van der Waals surface area contributed by atoms with Gasteiger partial charge in [-0.1, -0.05) is 67.6 Å². The first-order valence-corrected chi connectivity index (χ1v) is 12.9. The van der Waals surface area contributed by atoms with Crippen molar-refractivity contribution in [3.63, 3.8) is 0 Å². The number of esters is 1. The maximum absolute atomic E-state index is 13.0. The van der Waals surface area contributed by atoms with Crippen LogP contribution in [0, 0.1) is 11.8 Å². The number of ether oxygens (including phenoxy) is 1. The number of benzene rings is 2. The second-order valence-electron chi connectivity index (χ2n) is 8.62. The van der Waals surface area contributed by atoms with E-state index in [-0.39, 0.29) is 11.5 Å². The molecule has 0 saturated heterocycles. The van der Waals surface area contributed by atoms with Crippen molar-refractivity contribution < 1.29 is 38.9 Å². The van der Waals surface area contributed by atoms with E-state index in [1.54, 1.807) is 6.92 Å². The summed E-state index contributed by atoms with van der Waals surface area (Å²) in [4.78, 5) is 60.1. The van der Waals surface area contributed by atoms with Crippen molar-refractivity contribution in [2.75, 3.05) is 18.1 Å². The second kappa shape index (κ2) is 15.5. The Morgan fingerprint density at radius 1 is 0.865 bits per heavy atom. The molecule has 2 aromatic rings. The Kier molecular flexibility index (Phi) is 12.3. The molecule has 0 aliphatic carbocycles. The van der Waals surface area contributed by atoms with Gasteiger partial charge in [-0.2, -0.15) is 0 Å². The SMILES string of the molecule is CC(CSCC(=O)O)C(=O)NC(CC(=O)O)C(=O)COC(=O)C(Cc1ccccc1)Cc1ccccc1. The molecule has 1 amide bonds. The zero-order chi connectivity index (χ0) is 27.2. The minimum absolute atomic E-state index is 0.182. The van der Waals surface area contributed by atoms with Crippen LogP contribution in [0.2, 0.25) is 0 Å². The van der Waals surface area contributed by atoms with Gasteiger partial charge < -0.3 is 20.3 Å². The highest BCUT2D eigenvalue weighted by Gasteiger charge is 2.28. The molecule has 37 heavy (non-hydrogen) atoms. The van der Waals surface area contributed by atoms with Gasteiger partial charge in [0.05, 0.1) is 18.1 Å². The molecule has 3 N–H and O–H groups in total. The van der Waals surface area contributed by atoms with E-state index in [0.29, 0.717) is 12.8 Å². The van der Waals surface area contributed by atoms with Gasteiger partial charge >= 0.3 is 17.9 Å². The Hall–Kier alpha value is -3.66. The molecule has 0 saturated carbocycles. The first-order valence-electron chi connectivity index (χ1n) is 11.7. The lowest BCUT2D eigenvalue weighted by Crippen LogP contribution is -2.46. The smallest absolute Gasteiger partial charge is 0.313 e. The number of hydrogen-bond donors (Lipinski definition) is 3. The molecule has 2 aromatic carbocycles. The summed E-state index contributed by atoms with van der Waals surface area (Å²) < 4.78 is 5.30. The van der Waals surface area contributed by atoms with Crippen LogP contribution < -0.4 is 5.32 Å². The molecular weight excluding hydrogens is 498 g/mol. The average molecular weight is 530 g/mol. The number of thioether (sulfide) groups is 1. The normalized spacial score (nSPS) is 12.4. The van der Waals surface area contributed by atoms with Crippen LogP contribution >= 0.6 is 11.8 Å². The van der Waals surface area contributed by atoms with Crippen LogP contribution in [0.5, 0.6) is 0 Å².